The molecule has 0 radical (unpaired) electrons. The highest BCUT2D eigenvalue weighted by atomic mass is 35.5. The van der Waals surface area contributed by atoms with Crippen molar-refractivity contribution < 1.29 is 4.79 Å². The number of aromatic nitrogens is 3. The Morgan fingerprint density at radius 3 is 2.50 bits per heavy atom. The Kier molecular flexibility index (Phi) is 4.01. The summed E-state index contributed by atoms with van der Waals surface area (Å²) in [5.74, 6) is 0.844. The number of carbonyl (C=O) groups excluding carboxylic acids is 1. The molecule has 0 aliphatic heterocycles. The van der Waals surface area contributed by atoms with Crippen molar-refractivity contribution in [2.75, 3.05) is 0 Å². The van der Waals surface area contributed by atoms with E-state index in [0.717, 1.165) is 0 Å². The maximum atomic E-state index is 10.6. The molecule has 4 nitrogen and oxygen atoms in total. The number of nitrogens with zero attached hydrogens (tertiary/aromatic N) is 2. The lowest BCUT2D eigenvalue weighted by atomic mass is 10.2. The van der Waals surface area contributed by atoms with Crippen molar-refractivity contribution >= 4 is 46.1 Å². The van der Waals surface area contributed by atoms with E-state index in [2.05, 4.69) is 15.2 Å². The van der Waals surface area contributed by atoms with Crippen molar-refractivity contribution in [1.82, 2.24) is 15.2 Å². The summed E-state index contributed by atoms with van der Waals surface area (Å²) < 4.78 is 0. The van der Waals surface area contributed by atoms with Gasteiger partial charge in [-0.05, 0) is 35.9 Å². The third-order valence-corrected chi connectivity index (χ3v) is 2.56. The zero-order valence-electron chi connectivity index (χ0n) is 8.82. The fraction of sp³-hybridized carbons (Fsp3) is 0. The fourth-order valence-electron chi connectivity index (χ4n) is 1.31. The molecule has 7 heteroatoms. The summed E-state index contributed by atoms with van der Waals surface area (Å²) in [7, 11) is 0. The minimum atomic E-state index is -0.584. The van der Waals surface area contributed by atoms with Crippen LogP contribution in [0.1, 0.15) is 5.82 Å². The van der Waals surface area contributed by atoms with Gasteiger partial charge in [-0.15, -0.1) is 0 Å². The molecule has 0 aliphatic rings. The fourth-order valence-corrected chi connectivity index (χ4v) is 1.89. The number of hydrogen-bond donors (Lipinski definition) is 1. The van der Waals surface area contributed by atoms with Crippen LogP contribution in [-0.2, 0) is 4.79 Å². The van der Waals surface area contributed by atoms with Gasteiger partial charge in [0.05, 0.1) is 0 Å². The first-order chi connectivity index (χ1) is 8.54. The number of benzene rings is 1. The molecule has 18 heavy (non-hydrogen) atoms. The van der Waals surface area contributed by atoms with Crippen molar-refractivity contribution in [2.24, 2.45) is 0 Å². The van der Waals surface area contributed by atoms with Crippen molar-refractivity contribution in [1.29, 1.82) is 0 Å². The highest BCUT2D eigenvalue weighted by molar-refractivity contribution is 6.66. The second kappa shape index (κ2) is 5.52. The maximum absolute atomic E-state index is 10.6. The predicted molar refractivity (Wildman–Crippen MR) is 71.7 cm³/mol. The highest BCUT2D eigenvalue weighted by Gasteiger charge is 2.06. The van der Waals surface area contributed by atoms with E-state index in [1.807, 2.05) is 0 Å². The number of hydrogen-bond acceptors (Lipinski definition) is 3. The van der Waals surface area contributed by atoms with E-state index in [1.54, 1.807) is 18.2 Å². The molecule has 1 aromatic heterocycles. The third kappa shape index (κ3) is 3.32. The summed E-state index contributed by atoms with van der Waals surface area (Å²) in [5, 5.41) is 7.05. The molecule has 0 saturated carbocycles. The minimum Gasteiger partial charge on any atom is -0.276 e. The highest BCUT2D eigenvalue weighted by Crippen LogP contribution is 2.24. The first-order valence-corrected chi connectivity index (χ1v) is 5.94. The van der Waals surface area contributed by atoms with Gasteiger partial charge < -0.3 is 0 Å². The largest absolute Gasteiger partial charge is 0.276 e. The Bertz CT molecular complexity index is 601. The number of nitrogens with one attached hydrogen (secondary N) is 1. The van der Waals surface area contributed by atoms with E-state index in [0.29, 0.717) is 27.3 Å². The van der Waals surface area contributed by atoms with E-state index in [9.17, 15) is 4.79 Å². The van der Waals surface area contributed by atoms with Gasteiger partial charge in [0, 0.05) is 21.7 Å². The number of aromatic amines is 1. The first kappa shape index (κ1) is 13.1. The lowest BCUT2D eigenvalue weighted by Crippen LogP contribution is -1.81. The van der Waals surface area contributed by atoms with Gasteiger partial charge in [-0.2, -0.15) is 5.10 Å². The second-order valence-corrected chi connectivity index (χ2v) is 4.59. The number of carbonyl (C=O) groups is 1. The average molecular weight is 303 g/mol. The normalized spacial score (nSPS) is 11.1. The van der Waals surface area contributed by atoms with Crippen molar-refractivity contribution in [2.45, 2.75) is 0 Å². The molecule has 0 spiro atoms. The van der Waals surface area contributed by atoms with Crippen LogP contribution < -0.4 is 0 Å². The van der Waals surface area contributed by atoms with Gasteiger partial charge in [-0.25, -0.2) is 4.98 Å². The Morgan fingerprint density at radius 1 is 1.22 bits per heavy atom. The van der Waals surface area contributed by atoms with Crippen LogP contribution in [0.5, 0.6) is 0 Å². The second-order valence-electron chi connectivity index (χ2n) is 3.34. The Balaban J connectivity index is 2.32. The zero-order chi connectivity index (χ0) is 13.1. The number of allylic oxidation sites excluding steroid dienone is 1. The van der Waals surface area contributed by atoms with Crippen LogP contribution in [0.4, 0.5) is 0 Å². The Hall–Kier alpha value is -1.36. The SMILES string of the molecule is O=C(Cl)C=Cc1nc(-c2cc(Cl)cc(Cl)c2)n[nH]1. The maximum Gasteiger partial charge on any atom is 0.245 e. The summed E-state index contributed by atoms with van der Waals surface area (Å²) in [6, 6.07) is 5.00. The molecule has 0 unspecified atom stereocenters. The van der Waals surface area contributed by atoms with Crippen LogP contribution in [0.3, 0.4) is 0 Å². The van der Waals surface area contributed by atoms with Crippen LogP contribution in [0, 0.1) is 0 Å². The van der Waals surface area contributed by atoms with Crippen molar-refractivity contribution in [3.05, 3.63) is 40.1 Å². The van der Waals surface area contributed by atoms with E-state index < -0.39 is 5.24 Å². The van der Waals surface area contributed by atoms with Gasteiger partial charge in [0.2, 0.25) is 5.24 Å². The molecule has 0 fully saturated rings. The van der Waals surface area contributed by atoms with Crippen LogP contribution >= 0.6 is 34.8 Å². The summed E-state index contributed by atoms with van der Waals surface area (Å²) in [6.07, 6.45) is 2.61. The molecule has 0 amide bonds. The summed E-state index contributed by atoms with van der Waals surface area (Å²) in [6.45, 7) is 0. The monoisotopic (exact) mass is 301 g/mol. The molecule has 1 N–H and O–H groups in total. The molecule has 0 aliphatic carbocycles. The summed E-state index contributed by atoms with van der Waals surface area (Å²) in [5.41, 5.74) is 0.681. The number of halogens is 3. The van der Waals surface area contributed by atoms with Crippen LogP contribution in [-0.4, -0.2) is 20.4 Å². The van der Waals surface area contributed by atoms with Crippen molar-refractivity contribution in [3.8, 4) is 11.4 Å². The lowest BCUT2D eigenvalue weighted by Gasteiger charge is -1.97. The number of rotatable bonds is 3. The number of H-pyrrole nitrogens is 1. The summed E-state index contributed by atoms with van der Waals surface area (Å²) in [4.78, 5) is 14.7. The molecule has 0 bridgehead atoms. The van der Waals surface area contributed by atoms with Gasteiger partial charge >= 0.3 is 0 Å². The van der Waals surface area contributed by atoms with E-state index in [4.69, 9.17) is 34.8 Å². The van der Waals surface area contributed by atoms with Crippen molar-refractivity contribution in [3.63, 3.8) is 0 Å². The van der Waals surface area contributed by atoms with Crippen LogP contribution in [0.15, 0.2) is 24.3 Å². The van der Waals surface area contributed by atoms with Crippen LogP contribution in [0.2, 0.25) is 10.0 Å². The average Bonchev–Trinajstić information content (AvgIpc) is 2.73. The molecule has 2 aromatic rings. The Morgan fingerprint density at radius 2 is 1.89 bits per heavy atom. The van der Waals surface area contributed by atoms with Gasteiger partial charge in [-0.1, -0.05) is 23.2 Å². The van der Waals surface area contributed by atoms with Gasteiger partial charge in [0.1, 0.15) is 5.82 Å². The predicted octanol–water partition coefficient (Wildman–Crippen LogP) is 3.56. The standard InChI is InChI=1S/C11H6Cl3N3O/c12-7-3-6(4-8(13)5-7)11-15-10(16-17-11)2-1-9(14)18/h1-5H,(H,15,16,17). The third-order valence-electron chi connectivity index (χ3n) is 2.00. The zero-order valence-corrected chi connectivity index (χ0v) is 11.1. The van der Waals surface area contributed by atoms with E-state index in [-0.39, 0.29) is 0 Å². The topological polar surface area (TPSA) is 58.6 Å². The molecule has 92 valence electrons. The van der Waals surface area contributed by atoms with Gasteiger partial charge in [-0.3, -0.25) is 9.89 Å². The van der Waals surface area contributed by atoms with Gasteiger partial charge in [0.15, 0.2) is 5.82 Å². The molecule has 0 atom stereocenters. The molecule has 2 rings (SSSR count). The first-order valence-electron chi connectivity index (χ1n) is 4.81. The van der Waals surface area contributed by atoms with Crippen LogP contribution in [0.25, 0.3) is 17.5 Å². The smallest absolute Gasteiger partial charge is 0.245 e. The molecule has 1 heterocycles. The lowest BCUT2D eigenvalue weighted by molar-refractivity contribution is -0.107. The van der Waals surface area contributed by atoms with E-state index in [1.165, 1.54) is 12.2 Å². The molecular weight excluding hydrogens is 297 g/mol. The van der Waals surface area contributed by atoms with Gasteiger partial charge in [0.25, 0.3) is 0 Å². The minimum absolute atomic E-state index is 0.412. The molecule has 0 saturated heterocycles. The summed E-state index contributed by atoms with van der Waals surface area (Å²) >= 11 is 16.9. The van der Waals surface area contributed by atoms with E-state index >= 15 is 0 Å². The quantitative estimate of drug-likeness (QED) is 0.696. The molecular formula is C11H6Cl3N3O. The Labute approximate surface area is 118 Å². The molecule has 1 aromatic carbocycles.